The molecule has 1 saturated heterocycles. The van der Waals surface area contributed by atoms with Crippen LogP contribution in [-0.2, 0) is 39.3 Å². The molecule has 4 rings (SSSR count). The number of hydrogen-bond acceptors (Lipinski definition) is 3. The third-order valence-electron chi connectivity index (χ3n) is 5.76. The topological polar surface area (TPSA) is 47.1 Å². The minimum Gasteiger partial charge on any atom is -0.358 e. The van der Waals surface area contributed by atoms with Gasteiger partial charge in [0.2, 0.25) is 0 Å². The number of nitrogens with zero attached hydrogens (tertiary/aromatic N) is 3. The van der Waals surface area contributed by atoms with Gasteiger partial charge in [-0.2, -0.15) is 0 Å². The third-order valence-corrected chi connectivity index (χ3v) is 5.76. The summed E-state index contributed by atoms with van der Waals surface area (Å²) in [6, 6.07) is 7.93. The Hall–Kier alpha value is -1.65. The van der Waals surface area contributed by atoms with E-state index in [0.29, 0.717) is 6.54 Å². The van der Waals surface area contributed by atoms with Crippen LogP contribution in [0.15, 0.2) is 73.1 Å². The van der Waals surface area contributed by atoms with Crippen molar-refractivity contribution in [2.45, 2.75) is 46.1 Å². The first-order valence-corrected chi connectivity index (χ1v) is 9.79. The Kier molecular flexibility index (Phi) is 11.0. The fourth-order valence-corrected chi connectivity index (χ4v) is 4.39. The van der Waals surface area contributed by atoms with Crippen molar-refractivity contribution < 1.29 is 32.7 Å². The molecule has 2 fully saturated rings. The standard InChI is InChI=1S/C21H24N4.C2H6.2CH3.Y/c1-4-9-18-15(2)21(12-7-8-13-21)16(3)24(18)14-20-23-17-10-5-6-11-19(17)25(20)22;1-2;;;/h4-6,9-11H,1-3,7-8,12-14,22H2;1-2H3;2*1H3;/q;;2*-1;/b18-9+;;;;. The zero-order chi connectivity index (χ0) is 19.6. The summed E-state index contributed by atoms with van der Waals surface area (Å²) in [4.78, 5) is 6.94. The van der Waals surface area contributed by atoms with E-state index in [9.17, 15) is 0 Å². The maximum Gasteiger partial charge on any atom is 0.148 e. The van der Waals surface area contributed by atoms with Crippen molar-refractivity contribution in [3.8, 4) is 0 Å². The Bertz CT molecular complexity index is 916. The van der Waals surface area contributed by atoms with Crippen molar-refractivity contribution in [3.05, 3.63) is 93.8 Å². The van der Waals surface area contributed by atoms with Crippen LogP contribution >= 0.6 is 0 Å². The van der Waals surface area contributed by atoms with Gasteiger partial charge in [-0.15, -0.1) is 0 Å². The van der Waals surface area contributed by atoms with Gasteiger partial charge in [0, 0.05) is 49.5 Å². The molecule has 0 atom stereocenters. The van der Waals surface area contributed by atoms with Crippen molar-refractivity contribution in [2.75, 3.05) is 5.84 Å². The number of likely N-dealkylation sites (tertiary alicyclic amines) is 1. The van der Waals surface area contributed by atoms with E-state index in [1.807, 2.05) is 50.3 Å². The number of fused-ring (bicyclic) bond motifs is 1. The van der Waals surface area contributed by atoms with E-state index in [2.05, 4.69) is 24.6 Å². The summed E-state index contributed by atoms with van der Waals surface area (Å²) in [6.07, 6.45) is 8.54. The second kappa shape index (κ2) is 11.7. The zero-order valence-electron chi connectivity index (χ0n) is 19.1. The Labute approximate surface area is 208 Å². The Morgan fingerprint density at radius 1 is 1.13 bits per heavy atom. The molecule has 5 heteroatoms. The van der Waals surface area contributed by atoms with Crippen molar-refractivity contribution >= 4 is 11.0 Å². The van der Waals surface area contributed by atoms with E-state index in [1.165, 1.54) is 12.8 Å². The fourth-order valence-electron chi connectivity index (χ4n) is 4.39. The van der Waals surface area contributed by atoms with E-state index < -0.39 is 0 Å². The summed E-state index contributed by atoms with van der Waals surface area (Å²) >= 11 is 0. The first-order chi connectivity index (χ1) is 13.1. The van der Waals surface area contributed by atoms with Gasteiger partial charge < -0.3 is 25.6 Å². The van der Waals surface area contributed by atoms with Gasteiger partial charge in [0.05, 0.1) is 17.6 Å². The van der Waals surface area contributed by atoms with Crippen LogP contribution < -0.4 is 5.84 Å². The number of aromatic nitrogens is 2. The van der Waals surface area contributed by atoms with Crippen LogP contribution in [0.5, 0.6) is 0 Å². The van der Waals surface area contributed by atoms with Crippen LogP contribution in [-0.4, -0.2) is 14.6 Å². The zero-order valence-corrected chi connectivity index (χ0v) is 22.0. The predicted molar refractivity (Wildman–Crippen MR) is 127 cm³/mol. The summed E-state index contributed by atoms with van der Waals surface area (Å²) < 4.78 is 1.68. The van der Waals surface area contributed by atoms with Gasteiger partial charge in [-0.05, 0) is 36.6 Å². The first kappa shape index (κ1) is 28.4. The average Bonchev–Trinajstić information content (AvgIpc) is 3.36. The Morgan fingerprint density at radius 3 is 2.30 bits per heavy atom. The van der Waals surface area contributed by atoms with Gasteiger partial charge >= 0.3 is 0 Å². The van der Waals surface area contributed by atoms with Crippen LogP contribution in [0.2, 0.25) is 0 Å². The van der Waals surface area contributed by atoms with E-state index in [-0.39, 0.29) is 53.0 Å². The van der Waals surface area contributed by atoms with Gasteiger partial charge in [-0.3, -0.25) is 0 Å². The minimum atomic E-state index is 0. The largest absolute Gasteiger partial charge is 0.358 e. The third kappa shape index (κ3) is 4.50. The second-order valence-corrected chi connectivity index (χ2v) is 6.97. The van der Waals surface area contributed by atoms with Crippen molar-refractivity contribution in [3.63, 3.8) is 0 Å². The number of hydrogen-bond donors (Lipinski definition) is 1. The van der Waals surface area contributed by atoms with Crippen molar-refractivity contribution in [2.24, 2.45) is 5.41 Å². The molecule has 4 nitrogen and oxygen atoms in total. The maximum absolute atomic E-state index is 6.30. The summed E-state index contributed by atoms with van der Waals surface area (Å²) in [5.41, 5.74) is 5.22. The summed E-state index contributed by atoms with van der Waals surface area (Å²) in [5, 5.41) is 0. The molecular weight excluding hydrogens is 445 g/mol. The number of nitrogen functional groups attached to an aromatic ring is 1. The molecule has 30 heavy (non-hydrogen) atoms. The van der Waals surface area contributed by atoms with Gasteiger partial charge in [-0.25, -0.2) is 9.66 Å². The average molecular weight is 481 g/mol. The van der Waals surface area contributed by atoms with Gasteiger partial charge in [0.25, 0.3) is 0 Å². The number of imidazole rings is 1. The van der Waals surface area contributed by atoms with Gasteiger partial charge in [0.1, 0.15) is 5.82 Å². The van der Waals surface area contributed by atoms with Crippen LogP contribution in [0.25, 0.3) is 11.0 Å². The number of para-hydroxylation sites is 2. The molecule has 1 spiro atoms. The summed E-state index contributed by atoms with van der Waals surface area (Å²) in [6.45, 7) is 17.3. The molecule has 1 aromatic heterocycles. The van der Waals surface area contributed by atoms with Crippen molar-refractivity contribution in [1.82, 2.24) is 14.6 Å². The quantitative estimate of drug-likeness (QED) is 0.420. The molecule has 1 aliphatic carbocycles. The number of nitrogens with two attached hydrogens (primary N) is 1. The van der Waals surface area contributed by atoms with E-state index in [1.54, 1.807) is 4.68 Å². The van der Waals surface area contributed by atoms with Crippen LogP contribution in [0, 0.1) is 20.3 Å². The van der Waals surface area contributed by atoms with Gasteiger partial charge in [-0.1, -0.05) is 64.6 Å². The van der Waals surface area contributed by atoms with Gasteiger partial charge in [0.15, 0.2) is 0 Å². The second-order valence-electron chi connectivity index (χ2n) is 6.97. The van der Waals surface area contributed by atoms with E-state index in [0.717, 1.165) is 46.7 Å². The predicted octanol–water partition coefficient (Wildman–Crippen LogP) is 6.19. The van der Waals surface area contributed by atoms with Crippen LogP contribution in [0.3, 0.4) is 0 Å². The molecule has 2 heterocycles. The number of rotatable bonds is 3. The van der Waals surface area contributed by atoms with E-state index in [4.69, 9.17) is 10.8 Å². The molecule has 1 aliphatic heterocycles. The van der Waals surface area contributed by atoms with Crippen molar-refractivity contribution in [1.29, 1.82) is 0 Å². The Balaban J connectivity index is 0.00000163. The summed E-state index contributed by atoms with van der Waals surface area (Å²) in [5.74, 6) is 7.12. The molecule has 2 aliphatic rings. The summed E-state index contributed by atoms with van der Waals surface area (Å²) in [7, 11) is 0. The maximum atomic E-state index is 6.30. The number of benzene rings is 1. The molecule has 161 valence electrons. The molecule has 2 aromatic rings. The molecule has 0 bridgehead atoms. The molecule has 1 radical (unpaired) electrons. The smallest absolute Gasteiger partial charge is 0.148 e. The van der Waals surface area contributed by atoms with Crippen LogP contribution in [0.4, 0.5) is 0 Å². The Morgan fingerprint density at radius 2 is 1.73 bits per heavy atom. The monoisotopic (exact) mass is 481 g/mol. The molecule has 1 aromatic carbocycles. The molecule has 2 N–H and O–H groups in total. The first-order valence-electron chi connectivity index (χ1n) is 9.79. The van der Waals surface area contributed by atoms with Crippen LogP contribution in [0.1, 0.15) is 45.4 Å². The fraction of sp³-hybridized carbons (Fsp3) is 0.320. The number of allylic oxidation sites excluding steroid dienone is 4. The molecule has 0 unspecified atom stereocenters. The van der Waals surface area contributed by atoms with E-state index >= 15 is 0 Å². The normalized spacial score (nSPS) is 17.8. The minimum absolute atomic E-state index is 0. The molecular formula is C25H36N4Y-2. The molecule has 1 saturated carbocycles. The molecule has 0 amide bonds. The SMILES string of the molecule is C=C/C=C1\C(=C)C2(CCCC2)C(=C)N1Cc1nc2ccccc2n1N.CC.[CH3-].[CH3-].[Y].